The molecule has 0 aliphatic carbocycles. The summed E-state index contributed by atoms with van der Waals surface area (Å²) in [4.78, 5) is 10.2. The fourth-order valence-electron chi connectivity index (χ4n) is 2.72. The number of hydrogen-bond acceptors (Lipinski definition) is 6. The van der Waals surface area contributed by atoms with E-state index in [1.54, 1.807) is 14.2 Å². The number of non-ortho nitro benzene ring substituents is 1. The SMILES string of the molecule is COc1cc2c(cc1OC)n(C)c(=NN=Nc1ccc([N+](=O)[O-])cc1)n2C. The molecule has 0 atom stereocenters. The van der Waals surface area contributed by atoms with Crippen molar-refractivity contribution in [2.75, 3.05) is 14.2 Å². The van der Waals surface area contributed by atoms with Gasteiger partial charge < -0.3 is 18.6 Å². The topological polar surface area (TPSA) is 109 Å². The van der Waals surface area contributed by atoms with Crippen molar-refractivity contribution in [1.29, 1.82) is 0 Å². The highest BCUT2D eigenvalue weighted by atomic mass is 16.6. The third-order valence-corrected chi connectivity index (χ3v) is 4.16. The second kappa shape index (κ2) is 7.28. The summed E-state index contributed by atoms with van der Waals surface area (Å²) in [6, 6.07) is 9.47. The van der Waals surface area contributed by atoms with Crippen LogP contribution >= 0.6 is 0 Å². The third kappa shape index (κ3) is 3.36. The lowest BCUT2D eigenvalue weighted by Gasteiger charge is -2.07. The highest BCUT2D eigenvalue weighted by Crippen LogP contribution is 2.31. The van der Waals surface area contributed by atoms with E-state index in [4.69, 9.17) is 9.47 Å². The molecule has 10 heteroatoms. The Morgan fingerprint density at radius 2 is 1.48 bits per heavy atom. The zero-order chi connectivity index (χ0) is 19.6. The standard InChI is InChI=1S/C17H18N6O4/c1-21-13-9-15(26-3)16(27-4)10-14(13)22(2)17(21)19-20-18-11-5-7-12(8-6-11)23(24)25/h5-10H,1-4H3. The predicted octanol–water partition coefficient (Wildman–Crippen LogP) is 3.04. The fourth-order valence-corrected chi connectivity index (χ4v) is 2.72. The van der Waals surface area contributed by atoms with Gasteiger partial charge in [-0.3, -0.25) is 10.1 Å². The van der Waals surface area contributed by atoms with E-state index >= 15 is 0 Å². The third-order valence-electron chi connectivity index (χ3n) is 4.16. The summed E-state index contributed by atoms with van der Waals surface area (Å²) in [6.07, 6.45) is 0. The molecule has 0 aliphatic rings. The summed E-state index contributed by atoms with van der Waals surface area (Å²) in [6.45, 7) is 0. The van der Waals surface area contributed by atoms with Gasteiger partial charge in [-0.2, -0.15) is 0 Å². The van der Waals surface area contributed by atoms with Crippen molar-refractivity contribution in [3.63, 3.8) is 0 Å². The van der Waals surface area contributed by atoms with E-state index in [1.807, 2.05) is 35.4 Å². The average Bonchev–Trinajstić information content (AvgIpc) is 2.91. The summed E-state index contributed by atoms with van der Waals surface area (Å²) >= 11 is 0. The highest BCUT2D eigenvalue weighted by Gasteiger charge is 2.12. The van der Waals surface area contributed by atoms with Crippen LogP contribution < -0.4 is 15.1 Å². The first-order chi connectivity index (χ1) is 13.0. The zero-order valence-electron chi connectivity index (χ0n) is 15.3. The maximum Gasteiger partial charge on any atom is 0.269 e. The van der Waals surface area contributed by atoms with E-state index in [2.05, 4.69) is 15.4 Å². The number of aromatic nitrogens is 2. The van der Waals surface area contributed by atoms with Crippen molar-refractivity contribution in [3.8, 4) is 11.5 Å². The van der Waals surface area contributed by atoms with Gasteiger partial charge in [0.15, 0.2) is 11.5 Å². The molecule has 10 nitrogen and oxygen atoms in total. The Morgan fingerprint density at radius 1 is 0.963 bits per heavy atom. The number of imidazole rings is 1. The predicted molar refractivity (Wildman–Crippen MR) is 98.2 cm³/mol. The summed E-state index contributed by atoms with van der Waals surface area (Å²) in [5.74, 6) is 1.23. The Labute approximate surface area is 154 Å². The van der Waals surface area contributed by atoms with Crippen LogP contribution in [0.15, 0.2) is 51.8 Å². The van der Waals surface area contributed by atoms with Crippen LogP contribution in [0, 0.1) is 10.1 Å². The van der Waals surface area contributed by atoms with Crippen molar-refractivity contribution in [2.24, 2.45) is 29.5 Å². The number of ether oxygens (including phenoxy) is 2. The molecule has 3 aromatic rings. The van der Waals surface area contributed by atoms with Crippen LogP contribution in [-0.2, 0) is 14.1 Å². The van der Waals surface area contributed by atoms with Crippen molar-refractivity contribution in [1.82, 2.24) is 9.13 Å². The maximum absolute atomic E-state index is 10.7. The number of nitrogens with zero attached hydrogens (tertiary/aromatic N) is 6. The molecule has 0 bridgehead atoms. The van der Waals surface area contributed by atoms with Crippen molar-refractivity contribution >= 4 is 22.4 Å². The Morgan fingerprint density at radius 3 is 1.93 bits per heavy atom. The summed E-state index contributed by atoms with van der Waals surface area (Å²) < 4.78 is 14.4. The molecular formula is C17H18N6O4. The molecule has 0 N–H and O–H groups in total. The molecule has 1 aromatic heterocycles. The quantitative estimate of drug-likeness (QED) is 0.390. The van der Waals surface area contributed by atoms with E-state index in [0.717, 1.165) is 11.0 Å². The molecule has 0 saturated heterocycles. The molecule has 0 unspecified atom stereocenters. The van der Waals surface area contributed by atoms with E-state index in [9.17, 15) is 10.1 Å². The van der Waals surface area contributed by atoms with Gasteiger partial charge in [-0.15, -0.1) is 5.11 Å². The number of nitro groups is 1. The van der Waals surface area contributed by atoms with Crippen LogP contribution in [-0.4, -0.2) is 28.3 Å². The number of fused-ring (bicyclic) bond motifs is 1. The van der Waals surface area contributed by atoms with Crippen LogP contribution in [0.2, 0.25) is 0 Å². The maximum atomic E-state index is 10.7. The van der Waals surface area contributed by atoms with Gasteiger partial charge in [0.05, 0.1) is 35.9 Å². The molecule has 3 rings (SSSR count). The van der Waals surface area contributed by atoms with Gasteiger partial charge in [-0.1, -0.05) is 5.10 Å². The molecule has 1 heterocycles. The van der Waals surface area contributed by atoms with Crippen LogP contribution in [0.1, 0.15) is 0 Å². The van der Waals surface area contributed by atoms with Crippen molar-refractivity contribution in [3.05, 3.63) is 52.1 Å². The Kier molecular flexibility index (Phi) is 4.88. The molecule has 2 aromatic carbocycles. The highest BCUT2D eigenvalue weighted by molar-refractivity contribution is 5.80. The molecule has 0 aliphatic heterocycles. The molecular weight excluding hydrogens is 352 g/mol. The first-order valence-electron chi connectivity index (χ1n) is 7.93. The first kappa shape index (κ1) is 18.1. The molecule has 140 valence electrons. The number of aryl methyl sites for hydroxylation is 2. The monoisotopic (exact) mass is 370 g/mol. The minimum absolute atomic E-state index is 0.00568. The lowest BCUT2D eigenvalue weighted by Crippen LogP contribution is -2.21. The van der Waals surface area contributed by atoms with Gasteiger partial charge >= 0.3 is 0 Å². The summed E-state index contributed by atoms with van der Waals surface area (Å²) in [5.41, 5.74) is 2.80. The fraction of sp³-hybridized carbons (Fsp3) is 0.235. The average molecular weight is 370 g/mol. The van der Waals surface area contributed by atoms with Gasteiger partial charge in [-0.05, 0) is 17.4 Å². The summed E-state index contributed by atoms with van der Waals surface area (Å²) in [5, 5.41) is 22.7. The number of nitro benzene ring substituents is 1. The number of rotatable bonds is 5. The van der Waals surface area contributed by atoms with Crippen LogP contribution in [0.25, 0.3) is 11.0 Å². The first-order valence-corrected chi connectivity index (χ1v) is 7.93. The van der Waals surface area contributed by atoms with Crippen LogP contribution in [0.5, 0.6) is 11.5 Å². The van der Waals surface area contributed by atoms with Gasteiger partial charge in [0.2, 0.25) is 5.62 Å². The Hall–Kier alpha value is -3.69. The largest absolute Gasteiger partial charge is 0.493 e. The lowest BCUT2D eigenvalue weighted by atomic mass is 10.2. The molecule has 0 amide bonds. The zero-order valence-corrected chi connectivity index (χ0v) is 15.3. The summed E-state index contributed by atoms with van der Waals surface area (Å²) in [7, 11) is 6.87. The van der Waals surface area contributed by atoms with Gasteiger partial charge in [0, 0.05) is 38.4 Å². The number of methoxy groups -OCH3 is 2. The smallest absolute Gasteiger partial charge is 0.269 e. The van der Waals surface area contributed by atoms with E-state index in [-0.39, 0.29) is 5.69 Å². The van der Waals surface area contributed by atoms with E-state index < -0.39 is 4.92 Å². The minimum atomic E-state index is -0.469. The number of hydrogen-bond donors (Lipinski definition) is 0. The van der Waals surface area contributed by atoms with Crippen molar-refractivity contribution in [2.45, 2.75) is 0 Å². The van der Waals surface area contributed by atoms with Gasteiger partial charge in [-0.25, -0.2) is 0 Å². The molecule has 27 heavy (non-hydrogen) atoms. The lowest BCUT2D eigenvalue weighted by molar-refractivity contribution is -0.384. The van der Waals surface area contributed by atoms with Gasteiger partial charge in [0.1, 0.15) is 0 Å². The normalized spacial score (nSPS) is 11.1. The number of benzene rings is 2. The second-order valence-electron chi connectivity index (χ2n) is 5.68. The van der Waals surface area contributed by atoms with Crippen LogP contribution in [0.4, 0.5) is 11.4 Å². The Balaban J connectivity index is 2.01. The Bertz CT molecular complexity index is 1050. The van der Waals surface area contributed by atoms with E-state index in [1.165, 1.54) is 24.3 Å². The molecule has 0 saturated carbocycles. The van der Waals surface area contributed by atoms with E-state index in [0.29, 0.717) is 22.8 Å². The molecule has 0 fully saturated rings. The van der Waals surface area contributed by atoms with Crippen LogP contribution in [0.3, 0.4) is 0 Å². The second-order valence-corrected chi connectivity index (χ2v) is 5.68. The molecule has 0 radical (unpaired) electrons. The van der Waals surface area contributed by atoms with Gasteiger partial charge in [0.25, 0.3) is 5.69 Å². The molecule has 0 spiro atoms. The minimum Gasteiger partial charge on any atom is -0.493 e. The van der Waals surface area contributed by atoms with Crippen molar-refractivity contribution < 1.29 is 14.4 Å².